The first-order valence-electron chi connectivity index (χ1n) is 9.40. The third-order valence-electron chi connectivity index (χ3n) is 5.36. The van der Waals surface area contributed by atoms with E-state index in [1.807, 2.05) is 40.0 Å². The van der Waals surface area contributed by atoms with Crippen LogP contribution in [0.15, 0.2) is 30.5 Å². The molecule has 0 spiro atoms. The van der Waals surface area contributed by atoms with Crippen molar-refractivity contribution < 1.29 is 4.79 Å². The second kappa shape index (κ2) is 8.05. The molecule has 2 heterocycles. The number of nitrogens with zero attached hydrogens (tertiary/aromatic N) is 3. The predicted octanol–water partition coefficient (Wildman–Crippen LogP) is 4.58. The molecule has 1 amide bonds. The standard InChI is InChI=1S/C21H29ClN4O.ClH/c1-20(2,3)26-12-15(18(24-26)14-8-6-7-9-16(14)22)19(27)25-11-10-17(23)21(4,5)13-25;/h6-9,12,17H,10-11,13,23H2,1-5H3;1H. The quantitative estimate of drug-likeness (QED) is 0.766. The maximum Gasteiger partial charge on any atom is 0.257 e. The zero-order valence-corrected chi connectivity index (χ0v) is 18.8. The van der Waals surface area contributed by atoms with Gasteiger partial charge >= 0.3 is 0 Å². The summed E-state index contributed by atoms with van der Waals surface area (Å²) in [5, 5.41) is 5.33. The lowest BCUT2D eigenvalue weighted by atomic mass is 9.79. The molecule has 1 aliphatic heterocycles. The molecule has 154 valence electrons. The van der Waals surface area contributed by atoms with Crippen LogP contribution in [-0.2, 0) is 5.54 Å². The third-order valence-corrected chi connectivity index (χ3v) is 5.69. The number of amides is 1. The van der Waals surface area contributed by atoms with Crippen LogP contribution < -0.4 is 5.73 Å². The van der Waals surface area contributed by atoms with Crippen LogP contribution in [-0.4, -0.2) is 39.7 Å². The Balaban J connectivity index is 0.00000280. The summed E-state index contributed by atoms with van der Waals surface area (Å²) in [7, 11) is 0. The molecular weight excluding hydrogens is 395 g/mol. The van der Waals surface area contributed by atoms with Crippen LogP contribution in [0.2, 0.25) is 5.02 Å². The molecule has 0 radical (unpaired) electrons. The summed E-state index contributed by atoms with van der Waals surface area (Å²) >= 11 is 6.42. The van der Waals surface area contributed by atoms with Gasteiger partial charge < -0.3 is 10.6 Å². The molecule has 1 fully saturated rings. The van der Waals surface area contributed by atoms with Crippen molar-refractivity contribution in [2.45, 2.75) is 52.6 Å². The molecule has 7 heteroatoms. The first kappa shape index (κ1) is 22.7. The number of carbonyl (C=O) groups is 1. The van der Waals surface area contributed by atoms with Gasteiger partial charge in [-0.2, -0.15) is 5.10 Å². The Morgan fingerprint density at radius 1 is 1.29 bits per heavy atom. The summed E-state index contributed by atoms with van der Waals surface area (Å²) in [4.78, 5) is 15.3. The van der Waals surface area contributed by atoms with Crippen molar-refractivity contribution in [3.63, 3.8) is 0 Å². The molecule has 1 saturated heterocycles. The molecule has 1 unspecified atom stereocenters. The molecule has 0 aliphatic carbocycles. The van der Waals surface area contributed by atoms with E-state index in [0.29, 0.717) is 29.4 Å². The fraction of sp³-hybridized carbons (Fsp3) is 0.524. The Morgan fingerprint density at radius 3 is 2.50 bits per heavy atom. The van der Waals surface area contributed by atoms with Gasteiger partial charge in [0.2, 0.25) is 0 Å². The van der Waals surface area contributed by atoms with E-state index in [0.717, 1.165) is 12.0 Å². The Labute approximate surface area is 178 Å². The predicted molar refractivity (Wildman–Crippen MR) is 117 cm³/mol. The smallest absolute Gasteiger partial charge is 0.257 e. The van der Waals surface area contributed by atoms with E-state index in [-0.39, 0.29) is 35.3 Å². The molecule has 2 aromatic rings. The average Bonchev–Trinajstić information content (AvgIpc) is 3.02. The number of likely N-dealkylation sites (tertiary alicyclic amines) is 1. The van der Waals surface area contributed by atoms with E-state index < -0.39 is 0 Å². The minimum absolute atomic E-state index is 0. The summed E-state index contributed by atoms with van der Waals surface area (Å²) in [6.07, 6.45) is 2.65. The maximum atomic E-state index is 13.4. The van der Waals surface area contributed by atoms with Gasteiger partial charge in [-0.25, -0.2) is 0 Å². The molecular formula is C21H30Cl2N4O. The first-order chi connectivity index (χ1) is 12.5. The number of hydrogen-bond acceptors (Lipinski definition) is 3. The number of halogens is 2. The van der Waals surface area contributed by atoms with E-state index in [1.54, 1.807) is 0 Å². The third kappa shape index (κ3) is 4.37. The highest BCUT2D eigenvalue weighted by Crippen LogP contribution is 2.33. The maximum absolute atomic E-state index is 13.4. The van der Waals surface area contributed by atoms with E-state index in [1.165, 1.54) is 0 Å². The number of aromatic nitrogens is 2. The molecule has 1 aromatic carbocycles. The van der Waals surface area contributed by atoms with Gasteiger partial charge in [-0.15, -0.1) is 12.4 Å². The first-order valence-corrected chi connectivity index (χ1v) is 9.78. The van der Waals surface area contributed by atoms with Gasteiger partial charge in [0, 0.05) is 30.9 Å². The molecule has 1 aliphatic rings. The zero-order valence-electron chi connectivity index (χ0n) is 17.2. The van der Waals surface area contributed by atoms with Gasteiger partial charge in [-0.1, -0.05) is 43.6 Å². The van der Waals surface area contributed by atoms with Crippen molar-refractivity contribution in [2.75, 3.05) is 13.1 Å². The fourth-order valence-corrected chi connectivity index (χ4v) is 3.67. The molecule has 5 nitrogen and oxygen atoms in total. The highest BCUT2D eigenvalue weighted by atomic mass is 35.5. The summed E-state index contributed by atoms with van der Waals surface area (Å²) in [6.45, 7) is 11.7. The number of hydrogen-bond donors (Lipinski definition) is 1. The lowest BCUT2D eigenvalue weighted by molar-refractivity contribution is 0.0533. The second-order valence-corrected chi connectivity index (χ2v) is 9.50. The minimum Gasteiger partial charge on any atom is -0.338 e. The van der Waals surface area contributed by atoms with Crippen molar-refractivity contribution in [3.8, 4) is 11.3 Å². The summed E-state index contributed by atoms with van der Waals surface area (Å²) in [6, 6.07) is 7.62. The Hall–Kier alpha value is -1.56. The highest BCUT2D eigenvalue weighted by Gasteiger charge is 2.37. The van der Waals surface area contributed by atoms with Crippen molar-refractivity contribution in [1.82, 2.24) is 14.7 Å². The largest absolute Gasteiger partial charge is 0.338 e. The van der Waals surface area contributed by atoms with Gasteiger partial charge in [0.15, 0.2) is 0 Å². The van der Waals surface area contributed by atoms with Gasteiger partial charge in [-0.05, 0) is 38.7 Å². The fourth-order valence-electron chi connectivity index (χ4n) is 3.44. The lowest BCUT2D eigenvalue weighted by Crippen LogP contribution is -2.54. The van der Waals surface area contributed by atoms with Gasteiger partial charge in [-0.3, -0.25) is 9.48 Å². The van der Waals surface area contributed by atoms with Gasteiger partial charge in [0.05, 0.1) is 16.1 Å². The summed E-state index contributed by atoms with van der Waals surface area (Å²) in [5.74, 6) is -0.0135. The van der Waals surface area contributed by atoms with Crippen LogP contribution in [0.25, 0.3) is 11.3 Å². The SMILES string of the molecule is CC1(C)CN(C(=O)c2cn(C(C)(C)C)nc2-c2ccccc2Cl)CCC1N.Cl. The van der Waals surface area contributed by atoms with Gasteiger partial charge in [0.25, 0.3) is 5.91 Å². The summed E-state index contributed by atoms with van der Waals surface area (Å²) in [5.41, 5.74) is 7.89. The summed E-state index contributed by atoms with van der Waals surface area (Å²) < 4.78 is 1.85. The number of piperidine rings is 1. The molecule has 1 aromatic heterocycles. The molecule has 3 rings (SSSR count). The highest BCUT2D eigenvalue weighted by molar-refractivity contribution is 6.33. The van der Waals surface area contributed by atoms with Crippen molar-refractivity contribution >= 4 is 29.9 Å². The second-order valence-electron chi connectivity index (χ2n) is 9.10. The topological polar surface area (TPSA) is 64.2 Å². The van der Waals surface area contributed by atoms with Crippen molar-refractivity contribution in [3.05, 3.63) is 41.0 Å². The normalized spacial score (nSPS) is 19.2. The molecule has 2 N–H and O–H groups in total. The van der Waals surface area contributed by atoms with Crippen LogP contribution in [0.4, 0.5) is 0 Å². The van der Waals surface area contributed by atoms with Crippen LogP contribution in [0, 0.1) is 5.41 Å². The molecule has 1 atom stereocenters. The van der Waals surface area contributed by atoms with Crippen molar-refractivity contribution in [2.24, 2.45) is 11.1 Å². The number of carbonyl (C=O) groups excluding carboxylic acids is 1. The van der Waals surface area contributed by atoms with Gasteiger partial charge in [0.1, 0.15) is 5.69 Å². The van der Waals surface area contributed by atoms with Crippen LogP contribution in [0.1, 0.15) is 51.4 Å². The zero-order chi connectivity index (χ0) is 20.0. The molecule has 0 bridgehead atoms. The monoisotopic (exact) mass is 424 g/mol. The molecule has 28 heavy (non-hydrogen) atoms. The van der Waals surface area contributed by atoms with E-state index in [2.05, 4.69) is 34.6 Å². The van der Waals surface area contributed by atoms with E-state index in [4.69, 9.17) is 22.4 Å². The average molecular weight is 425 g/mol. The number of benzene rings is 1. The van der Waals surface area contributed by atoms with Crippen LogP contribution in [0.3, 0.4) is 0 Å². The van der Waals surface area contributed by atoms with Crippen LogP contribution in [0.5, 0.6) is 0 Å². The van der Waals surface area contributed by atoms with E-state index >= 15 is 0 Å². The van der Waals surface area contributed by atoms with Crippen LogP contribution >= 0.6 is 24.0 Å². The minimum atomic E-state index is -0.238. The number of nitrogens with two attached hydrogens (primary N) is 1. The number of rotatable bonds is 2. The van der Waals surface area contributed by atoms with E-state index in [9.17, 15) is 4.79 Å². The Morgan fingerprint density at radius 2 is 1.93 bits per heavy atom. The van der Waals surface area contributed by atoms with Crippen molar-refractivity contribution in [1.29, 1.82) is 0 Å². The Kier molecular flexibility index (Phi) is 6.54. The molecule has 0 saturated carbocycles. The lowest BCUT2D eigenvalue weighted by Gasteiger charge is -2.42. The Bertz CT molecular complexity index is 854.